The lowest BCUT2D eigenvalue weighted by Gasteiger charge is -2.32. The van der Waals surface area contributed by atoms with E-state index in [4.69, 9.17) is 9.31 Å². The Hall–Kier alpha value is -1.79. The summed E-state index contributed by atoms with van der Waals surface area (Å²) in [5.74, 6) is -3.88. The lowest BCUT2D eigenvalue weighted by atomic mass is 9.78. The van der Waals surface area contributed by atoms with Crippen molar-refractivity contribution in [2.75, 3.05) is 0 Å². The van der Waals surface area contributed by atoms with Gasteiger partial charge in [0.15, 0.2) is 17.5 Å². The van der Waals surface area contributed by atoms with E-state index in [1.54, 1.807) is 24.3 Å². The van der Waals surface area contributed by atoms with Crippen LogP contribution in [0.2, 0.25) is 0 Å². The molecule has 0 radical (unpaired) electrons. The van der Waals surface area contributed by atoms with Crippen LogP contribution >= 0.6 is 0 Å². The van der Waals surface area contributed by atoms with Crippen molar-refractivity contribution in [2.24, 2.45) is 0 Å². The van der Waals surface area contributed by atoms with Crippen molar-refractivity contribution in [1.82, 2.24) is 0 Å². The molecule has 1 fully saturated rings. The molecule has 0 spiro atoms. The van der Waals surface area contributed by atoms with Gasteiger partial charge >= 0.3 is 7.12 Å². The fourth-order valence-corrected chi connectivity index (χ4v) is 2.53. The lowest BCUT2D eigenvalue weighted by Crippen LogP contribution is -2.41. The van der Waals surface area contributed by atoms with Crippen LogP contribution in [-0.4, -0.2) is 18.3 Å². The van der Waals surface area contributed by atoms with Crippen LogP contribution in [0.3, 0.4) is 0 Å². The smallest absolute Gasteiger partial charge is 0.399 e. The Morgan fingerprint density at radius 3 is 1.67 bits per heavy atom. The molecule has 0 bridgehead atoms. The van der Waals surface area contributed by atoms with Crippen molar-refractivity contribution in [2.45, 2.75) is 38.9 Å². The summed E-state index contributed by atoms with van der Waals surface area (Å²) in [6.07, 6.45) is 0. The van der Waals surface area contributed by atoms with Gasteiger partial charge in [0.1, 0.15) is 0 Å². The molecule has 1 aliphatic rings. The molecule has 0 amide bonds. The first-order valence-electron chi connectivity index (χ1n) is 7.71. The van der Waals surface area contributed by atoms with E-state index in [-0.39, 0.29) is 5.56 Å². The summed E-state index contributed by atoms with van der Waals surface area (Å²) in [5, 5.41) is 0. The fraction of sp³-hybridized carbons (Fsp3) is 0.333. The average molecular weight is 334 g/mol. The van der Waals surface area contributed by atoms with Gasteiger partial charge in [-0.05, 0) is 56.4 Å². The second-order valence-corrected chi connectivity index (χ2v) is 6.96. The second-order valence-electron chi connectivity index (χ2n) is 6.96. The van der Waals surface area contributed by atoms with Crippen molar-refractivity contribution in [3.8, 4) is 11.1 Å². The number of benzene rings is 2. The molecule has 1 heterocycles. The largest absolute Gasteiger partial charge is 0.494 e. The molecular formula is C18H18BF3O2. The maximum absolute atomic E-state index is 13.4. The first-order valence-corrected chi connectivity index (χ1v) is 7.71. The molecule has 24 heavy (non-hydrogen) atoms. The van der Waals surface area contributed by atoms with Crippen LogP contribution in [0.1, 0.15) is 27.7 Å². The molecule has 0 N–H and O–H groups in total. The average Bonchev–Trinajstić information content (AvgIpc) is 2.73. The Kier molecular flexibility index (Phi) is 4.01. The third kappa shape index (κ3) is 2.85. The van der Waals surface area contributed by atoms with Crippen LogP contribution in [0, 0.1) is 17.5 Å². The third-order valence-electron chi connectivity index (χ3n) is 4.75. The van der Waals surface area contributed by atoms with Crippen LogP contribution in [-0.2, 0) is 9.31 Å². The highest BCUT2D eigenvalue weighted by atomic mass is 19.2. The maximum atomic E-state index is 13.4. The monoisotopic (exact) mass is 334 g/mol. The van der Waals surface area contributed by atoms with E-state index in [9.17, 15) is 13.2 Å². The summed E-state index contributed by atoms with van der Waals surface area (Å²) in [6, 6.07) is 8.90. The highest BCUT2D eigenvalue weighted by Crippen LogP contribution is 2.36. The van der Waals surface area contributed by atoms with E-state index in [1.807, 2.05) is 27.7 Å². The van der Waals surface area contributed by atoms with Gasteiger partial charge < -0.3 is 9.31 Å². The van der Waals surface area contributed by atoms with Gasteiger partial charge in [-0.3, -0.25) is 0 Å². The minimum absolute atomic E-state index is 0.270. The number of halogens is 3. The van der Waals surface area contributed by atoms with Gasteiger partial charge in [0.25, 0.3) is 0 Å². The van der Waals surface area contributed by atoms with E-state index in [2.05, 4.69) is 0 Å². The molecule has 0 atom stereocenters. The summed E-state index contributed by atoms with van der Waals surface area (Å²) < 4.78 is 51.7. The van der Waals surface area contributed by atoms with Gasteiger partial charge in [0.2, 0.25) is 0 Å². The highest BCUT2D eigenvalue weighted by Gasteiger charge is 2.51. The van der Waals surface area contributed by atoms with E-state index >= 15 is 0 Å². The molecule has 6 heteroatoms. The normalized spacial score (nSPS) is 18.9. The number of hydrogen-bond acceptors (Lipinski definition) is 2. The maximum Gasteiger partial charge on any atom is 0.494 e. The Bertz CT molecular complexity index is 733. The Morgan fingerprint density at radius 1 is 0.750 bits per heavy atom. The SMILES string of the molecule is CC1(C)OB(c2ccc(-c3cc(F)c(F)c(F)c3)cc2)OC1(C)C. The van der Waals surface area contributed by atoms with Gasteiger partial charge in [-0.15, -0.1) is 0 Å². The molecular weight excluding hydrogens is 316 g/mol. The zero-order chi connectivity index (χ0) is 17.7. The second kappa shape index (κ2) is 5.64. The first kappa shape index (κ1) is 17.1. The Balaban J connectivity index is 1.87. The third-order valence-corrected chi connectivity index (χ3v) is 4.75. The number of rotatable bonds is 2. The molecule has 0 aromatic heterocycles. The molecule has 2 aromatic rings. The van der Waals surface area contributed by atoms with Gasteiger partial charge in [0.05, 0.1) is 11.2 Å². The van der Waals surface area contributed by atoms with Gasteiger partial charge in [-0.2, -0.15) is 0 Å². The topological polar surface area (TPSA) is 18.5 Å². The van der Waals surface area contributed by atoms with E-state index in [0.29, 0.717) is 5.56 Å². The highest BCUT2D eigenvalue weighted by molar-refractivity contribution is 6.62. The molecule has 126 valence electrons. The molecule has 2 aromatic carbocycles. The fourth-order valence-electron chi connectivity index (χ4n) is 2.53. The first-order chi connectivity index (χ1) is 11.1. The van der Waals surface area contributed by atoms with E-state index in [1.165, 1.54) is 0 Å². The Morgan fingerprint density at radius 2 is 1.21 bits per heavy atom. The van der Waals surface area contributed by atoms with Crippen molar-refractivity contribution in [1.29, 1.82) is 0 Å². The Labute approximate surface area is 139 Å². The summed E-state index contributed by atoms with van der Waals surface area (Å²) in [7, 11) is -0.509. The molecule has 0 saturated carbocycles. The molecule has 3 rings (SSSR count). The summed E-state index contributed by atoms with van der Waals surface area (Å²) >= 11 is 0. The molecule has 1 aliphatic heterocycles. The minimum Gasteiger partial charge on any atom is -0.399 e. The van der Waals surface area contributed by atoms with E-state index < -0.39 is 35.8 Å². The summed E-state index contributed by atoms with van der Waals surface area (Å²) in [4.78, 5) is 0. The van der Waals surface area contributed by atoms with E-state index in [0.717, 1.165) is 17.6 Å². The predicted molar refractivity (Wildman–Crippen MR) is 87.5 cm³/mol. The van der Waals surface area contributed by atoms with Crippen LogP contribution < -0.4 is 5.46 Å². The molecule has 0 unspecified atom stereocenters. The van der Waals surface area contributed by atoms with Gasteiger partial charge in [-0.25, -0.2) is 13.2 Å². The zero-order valence-corrected chi connectivity index (χ0v) is 14.0. The van der Waals surface area contributed by atoms with Crippen LogP contribution in [0.25, 0.3) is 11.1 Å². The standard InChI is InChI=1S/C18H18BF3O2/c1-17(2)18(3,4)24-19(23-17)13-7-5-11(6-8-13)12-9-14(20)16(22)15(21)10-12/h5-10H,1-4H3. The lowest BCUT2D eigenvalue weighted by molar-refractivity contribution is 0.00578. The van der Waals surface area contributed by atoms with Crippen molar-refractivity contribution in [3.63, 3.8) is 0 Å². The molecule has 1 saturated heterocycles. The van der Waals surface area contributed by atoms with Crippen molar-refractivity contribution >= 4 is 12.6 Å². The quantitative estimate of drug-likeness (QED) is 0.609. The van der Waals surface area contributed by atoms with Crippen LogP contribution in [0.15, 0.2) is 36.4 Å². The predicted octanol–water partition coefficient (Wildman–Crippen LogP) is 4.07. The van der Waals surface area contributed by atoms with Crippen molar-refractivity contribution in [3.05, 3.63) is 53.8 Å². The van der Waals surface area contributed by atoms with Crippen molar-refractivity contribution < 1.29 is 22.5 Å². The summed E-state index contributed by atoms with van der Waals surface area (Å²) in [6.45, 7) is 7.85. The van der Waals surface area contributed by atoms with Gasteiger partial charge in [0, 0.05) is 0 Å². The molecule has 2 nitrogen and oxygen atoms in total. The van der Waals surface area contributed by atoms with Crippen LogP contribution in [0.5, 0.6) is 0 Å². The minimum atomic E-state index is -1.47. The number of hydrogen-bond donors (Lipinski definition) is 0. The van der Waals surface area contributed by atoms with Crippen LogP contribution in [0.4, 0.5) is 13.2 Å². The van der Waals surface area contributed by atoms with Gasteiger partial charge in [-0.1, -0.05) is 24.3 Å². The molecule has 0 aliphatic carbocycles. The zero-order valence-electron chi connectivity index (χ0n) is 14.0. The summed E-state index contributed by atoms with van der Waals surface area (Å²) in [5.41, 5.74) is 0.763.